The lowest BCUT2D eigenvalue weighted by molar-refractivity contribution is -0.125. The highest BCUT2D eigenvalue weighted by molar-refractivity contribution is 7.81. The minimum absolute atomic E-state index is 0.0392. The maximum atomic E-state index is 11.5. The van der Waals surface area contributed by atoms with Gasteiger partial charge in [-0.3, -0.25) is 4.79 Å². The standard InChI is InChI=1S/C11H23NOS/c1-8(2)9(13)12-10(3,4)7-11(5,6)14/h8,14H,7H2,1-6H3,(H,12,13). The van der Waals surface area contributed by atoms with Gasteiger partial charge in [0.15, 0.2) is 0 Å². The fourth-order valence-corrected chi connectivity index (χ4v) is 2.00. The molecule has 0 heterocycles. The van der Waals surface area contributed by atoms with Crippen molar-refractivity contribution in [2.45, 2.75) is 58.2 Å². The van der Waals surface area contributed by atoms with Crippen LogP contribution in [0.5, 0.6) is 0 Å². The Kier molecular flexibility index (Phi) is 4.50. The van der Waals surface area contributed by atoms with Crippen LogP contribution in [0.15, 0.2) is 0 Å². The van der Waals surface area contributed by atoms with Gasteiger partial charge in [0, 0.05) is 16.2 Å². The number of hydrogen-bond acceptors (Lipinski definition) is 2. The Morgan fingerprint density at radius 3 is 2.00 bits per heavy atom. The summed E-state index contributed by atoms with van der Waals surface area (Å²) < 4.78 is -0.0617. The largest absolute Gasteiger partial charge is 0.351 e. The van der Waals surface area contributed by atoms with Crippen LogP contribution in [-0.2, 0) is 4.79 Å². The lowest BCUT2D eigenvalue weighted by Crippen LogP contribution is -2.48. The van der Waals surface area contributed by atoms with E-state index in [9.17, 15) is 4.79 Å². The monoisotopic (exact) mass is 217 g/mol. The summed E-state index contributed by atoms with van der Waals surface area (Å²) in [6, 6.07) is 0. The molecule has 0 aromatic heterocycles. The van der Waals surface area contributed by atoms with Gasteiger partial charge in [-0.1, -0.05) is 27.7 Å². The van der Waals surface area contributed by atoms with E-state index >= 15 is 0 Å². The van der Waals surface area contributed by atoms with E-state index in [1.54, 1.807) is 0 Å². The molecule has 0 spiro atoms. The average molecular weight is 217 g/mol. The summed E-state index contributed by atoms with van der Waals surface area (Å²) in [7, 11) is 0. The average Bonchev–Trinajstić information content (AvgIpc) is 1.78. The summed E-state index contributed by atoms with van der Waals surface area (Å²) in [5.41, 5.74) is -0.188. The highest BCUT2D eigenvalue weighted by Gasteiger charge is 2.28. The van der Waals surface area contributed by atoms with Crippen molar-refractivity contribution >= 4 is 18.5 Å². The molecule has 0 unspecified atom stereocenters. The normalized spacial score (nSPS) is 13.1. The summed E-state index contributed by atoms with van der Waals surface area (Å²) in [5.74, 6) is 0.143. The zero-order valence-electron chi connectivity index (χ0n) is 10.1. The quantitative estimate of drug-likeness (QED) is 0.696. The zero-order valence-corrected chi connectivity index (χ0v) is 11.0. The minimum atomic E-state index is -0.188. The second kappa shape index (κ2) is 4.56. The first-order chi connectivity index (χ1) is 6.03. The van der Waals surface area contributed by atoms with Gasteiger partial charge in [0.2, 0.25) is 5.91 Å². The van der Waals surface area contributed by atoms with Gasteiger partial charge in [-0.05, 0) is 20.3 Å². The van der Waals surface area contributed by atoms with Crippen molar-refractivity contribution in [1.29, 1.82) is 0 Å². The van der Waals surface area contributed by atoms with E-state index in [1.807, 2.05) is 27.7 Å². The van der Waals surface area contributed by atoms with Crippen LogP contribution < -0.4 is 5.32 Å². The van der Waals surface area contributed by atoms with Crippen LogP contribution in [0.2, 0.25) is 0 Å². The number of carbonyl (C=O) groups excluding carboxylic acids is 1. The summed E-state index contributed by atoms with van der Waals surface area (Å²) >= 11 is 4.47. The van der Waals surface area contributed by atoms with Gasteiger partial charge in [0.25, 0.3) is 0 Å². The highest BCUT2D eigenvalue weighted by atomic mass is 32.1. The molecule has 0 saturated heterocycles. The topological polar surface area (TPSA) is 29.1 Å². The first kappa shape index (κ1) is 13.8. The van der Waals surface area contributed by atoms with E-state index in [0.29, 0.717) is 0 Å². The van der Waals surface area contributed by atoms with Crippen molar-refractivity contribution in [3.8, 4) is 0 Å². The second-order valence-electron chi connectivity index (χ2n) is 5.52. The van der Waals surface area contributed by atoms with E-state index in [4.69, 9.17) is 0 Å². The van der Waals surface area contributed by atoms with Crippen molar-refractivity contribution in [2.75, 3.05) is 0 Å². The molecule has 0 aliphatic carbocycles. The van der Waals surface area contributed by atoms with Gasteiger partial charge in [-0.25, -0.2) is 0 Å². The van der Waals surface area contributed by atoms with Crippen LogP contribution in [0.1, 0.15) is 48.0 Å². The molecular weight excluding hydrogens is 194 g/mol. The van der Waals surface area contributed by atoms with E-state index < -0.39 is 0 Å². The Bertz CT molecular complexity index is 204. The smallest absolute Gasteiger partial charge is 0.222 e. The SMILES string of the molecule is CC(C)C(=O)NC(C)(C)CC(C)(C)S. The first-order valence-corrected chi connectivity index (χ1v) is 5.53. The Balaban J connectivity index is 4.28. The summed E-state index contributed by atoms with van der Waals surface area (Å²) in [6.45, 7) is 12.0. The molecule has 0 rings (SSSR count). The van der Waals surface area contributed by atoms with Crippen LogP contribution in [-0.4, -0.2) is 16.2 Å². The van der Waals surface area contributed by atoms with Crippen molar-refractivity contribution in [1.82, 2.24) is 5.32 Å². The van der Waals surface area contributed by atoms with Gasteiger partial charge in [0.1, 0.15) is 0 Å². The molecule has 0 aliphatic heterocycles. The predicted molar refractivity (Wildman–Crippen MR) is 64.7 cm³/mol. The number of carbonyl (C=O) groups is 1. The van der Waals surface area contributed by atoms with E-state index in [2.05, 4.69) is 31.8 Å². The molecule has 0 aromatic rings. The maximum absolute atomic E-state index is 11.5. The number of amides is 1. The lowest BCUT2D eigenvalue weighted by atomic mass is 9.91. The second-order valence-corrected chi connectivity index (χ2v) is 6.73. The molecule has 1 amide bonds. The fraction of sp³-hybridized carbons (Fsp3) is 0.909. The molecule has 0 bridgehead atoms. The zero-order chi connectivity index (χ0) is 11.6. The predicted octanol–water partition coefficient (Wildman–Crippen LogP) is 2.64. The molecule has 0 atom stereocenters. The van der Waals surface area contributed by atoms with Crippen LogP contribution in [0, 0.1) is 5.92 Å². The van der Waals surface area contributed by atoms with Gasteiger partial charge in [-0.2, -0.15) is 12.6 Å². The number of nitrogens with one attached hydrogen (secondary N) is 1. The Labute approximate surface area is 93.3 Å². The van der Waals surface area contributed by atoms with Crippen molar-refractivity contribution in [3.63, 3.8) is 0 Å². The molecule has 1 N–H and O–H groups in total. The first-order valence-electron chi connectivity index (χ1n) is 5.08. The van der Waals surface area contributed by atoms with Crippen LogP contribution >= 0.6 is 12.6 Å². The molecule has 3 heteroatoms. The molecule has 0 aromatic carbocycles. The van der Waals surface area contributed by atoms with E-state index in [-0.39, 0.29) is 22.1 Å². The van der Waals surface area contributed by atoms with Gasteiger partial charge < -0.3 is 5.32 Å². The summed E-state index contributed by atoms with van der Waals surface area (Å²) in [6.07, 6.45) is 0.849. The molecule has 0 aliphatic rings. The third-order valence-electron chi connectivity index (χ3n) is 1.86. The van der Waals surface area contributed by atoms with Crippen LogP contribution in [0.25, 0.3) is 0 Å². The molecule has 84 valence electrons. The van der Waals surface area contributed by atoms with Crippen LogP contribution in [0.3, 0.4) is 0 Å². The minimum Gasteiger partial charge on any atom is -0.351 e. The van der Waals surface area contributed by atoms with E-state index in [0.717, 1.165) is 6.42 Å². The number of hydrogen-bond donors (Lipinski definition) is 2. The lowest BCUT2D eigenvalue weighted by Gasteiger charge is -2.33. The number of rotatable bonds is 4. The molecule has 0 radical (unpaired) electrons. The molecular formula is C11H23NOS. The highest BCUT2D eigenvalue weighted by Crippen LogP contribution is 2.25. The summed E-state index contributed by atoms with van der Waals surface area (Å²) in [4.78, 5) is 11.5. The van der Waals surface area contributed by atoms with Crippen molar-refractivity contribution in [3.05, 3.63) is 0 Å². The third kappa shape index (κ3) is 6.30. The van der Waals surface area contributed by atoms with Crippen molar-refractivity contribution < 1.29 is 4.79 Å². The summed E-state index contributed by atoms with van der Waals surface area (Å²) in [5, 5.41) is 3.02. The van der Waals surface area contributed by atoms with Gasteiger partial charge in [0.05, 0.1) is 0 Å². The number of thiol groups is 1. The molecule has 0 saturated carbocycles. The Hall–Kier alpha value is -0.180. The fourth-order valence-electron chi connectivity index (χ4n) is 1.60. The van der Waals surface area contributed by atoms with Gasteiger partial charge >= 0.3 is 0 Å². The Morgan fingerprint density at radius 1 is 1.29 bits per heavy atom. The van der Waals surface area contributed by atoms with Crippen LogP contribution in [0.4, 0.5) is 0 Å². The van der Waals surface area contributed by atoms with Gasteiger partial charge in [-0.15, -0.1) is 0 Å². The molecule has 14 heavy (non-hydrogen) atoms. The molecule has 0 fully saturated rings. The third-order valence-corrected chi connectivity index (χ3v) is 2.02. The van der Waals surface area contributed by atoms with E-state index in [1.165, 1.54) is 0 Å². The molecule has 2 nitrogen and oxygen atoms in total. The Morgan fingerprint density at radius 2 is 1.71 bits per heavy atom. The van der Waals surface area contributed by atoms with Crippen molar-refractivity contribution in [2.24, 2.45) is 5.92 Å². The maximum Gasteiger partial charge on any atom is 0.222 e.